The van der Waals surface area contributed by atoms with Gasteiger partial charge in [-0.05, 0) is 47.6 Å². The highest BCUT2D eigenvalue weighted by atomic mass is 32.1. The van der Waals surface area contributed by atoms with Crippen molar-refractivity contribution in [2.24, 2.45) is 5.92 Å². The molecular weight excluding hydrogens is 252 g/mol. The van der Waals surface area contributed by atoms with E-state index in [0.29, 0.717) is 0 Å². The molecule has 0 radical (unpaired) electrons. The normalized spacial score (nSPS) is 26.6. The van der Waals surface area contributed by atoms with Crippen molar-refractivity contribution in [1.29, 1.82) is 0 Å². The van der Waals surface area contributed by atoms with Crippen LogP contribution in [-0.4, -0.2) is 37.1 Å². The first-order valence-corrected chi connectivity index (χ1v) is 8.83. The molecular formula is C16H26N2S. The first-order chi connectivity index (χ1) is 9.42. The summed E-state index contributed by atoms with van der Waals surface area (Å²) in [7, 11) is 0. The Morgan fingerprint density at radius 3 is 2.95 bits per heavy atom. The zero-order chi connectivity index (χ0) is 12.9. The molecule has 1 atom stereocenters. The Hall–Kier alpha value is -0.380. The first-order valence-electron chi connectivity index (χ1n) is 7.88. The van der Waals surface area contributed by atoms with Gasteiger partial charge in [0.05, 0.1) is 0 Å². The topological polar surface area (TPSA) is 15.3 Å². The van der Waals surface area contributed by atoms with Gasteiger partial charge in [0.1, 0.15) is 0 Å². The molecule has 0 bridgehead atoms. The number of nitrogens with one attached hydrogen (secondary N) is 1. The maximum Gasteiger partial charge on any atom is 0.0223 e. The Balaban J connectivity index is 1.47. The molecule has 3 rings (SSSR count). The van der Waals surface area contributed by atoms with Crippen molar-refractivity contribution in [3.8, 4) is 0 Å². The second-order valence-corrected chi connectivity index (χ2v) is 6.92. The molecule has 0 amide bonds. The van der Waals surface area contributed by atoms with Gasteiger partial charge in [-0.2, -0.15) is 11.3 Å². The number of thiophene rings is 1. The lowest BCUT2D eigenvalue weighted by Crippen LogP contribution is -2.54. The van der Waals surface area contributed by atoms with Crippen molar-refractivity contribution in [1.82, 2.24) is 10.2 Å². The van der Waals surface area contributed by atoms with Crippen molar-refractivity contribution < 1.29 is 0 Å². The summed E-state index contributed by atoms with van der Waals surface area (Å²) in [5.41, 5.74) is 1.51. The van der Waals surface area contributed by atoms with E-state index in [0.717, 1.165) is 12.0 Å². The van der Waals surface area contributed by atoms with E-state index in [1.807, 2.05) is 11.3 Å². The average molecular weight is 278 g/mol. The summed E-state index contributed by atoms with van der Waals surface area (Å²) in [6, 6.07) is 3.03. The third kappa shape index (κ3) is 3.80. The van der Waals surface area contributed by atoms with Crippen molar-refractivity contribution in [3.63, 3.8) is 0 Å². The predicted octanol–water partition coefficient (Wildman–Crippen LogP) is 3.14. The van der Waals surface area contributed by atoms with Crippen LogP contribution in [0, 0.1) is 5.92 Å². The minimum absolute atomic E-state index is 0.761. The van der Waals surface area contributed by atoms with Gasteiger partial charge in [0.25, 0.3) is 0 Å². The van der Waals surface area contributed by atoms with Gasteiger partial charge in [0.2, 0.25) is 0 Å². The van der Waals surface area contributed by atoms with Crippen LogP contribution in [0.4, 0.5) is 0 Å². The van der Waals surface area contributed by atoms with Crippen molar-refractivity contribution in [2.75, 3.05) is 26.2 Å². The fraction of sp³-hybridized carbons (Fsp3) is 0.750. The van der Waals surface area contributed by atoms with Crippen molar-refractivity contribution in [3.05, 3.63) is 22.4 Å². The van der Waals surface area contributed by atoms with Crippen LogP contribution in [-0.2, 0) is 6.42 Å². The number of rotatable bonds is 4. The molecule has 0 spiro atoms. The summed E-state index contributed by atoms with van der Waals surface area (Å²) >= 11 is 1.82. The second kappa shape index (κ2) is 6.87. The van der Waals surface area contributed by atoms with Gasteiger partial charge in [0.15, 0.2) is 0 Å². The summed E-state index contributed by atoms with van der Waals surface area (Å²) in [4.78, 5) is 2.67. The van der Waals surface area contributed by atoms with Crippen molar-refractivity contribution in [2.45, 2.75) is 44.6 Å². The van der Waals surface area contributed by atoms with Gasteiger partial charge >= 0.3 is 0 Å². The molecule has 1 N–H and O–H groups in total. The third-order valence-electron chi connectivity index (χ3n) is 4.81. The second-order valence-electron chi connectivity index (χ2n) is 6.14. The summed E-state index contributed by atoms with van der Waals surface area (Å²) < 4.78 is 0. The molecule has 106 valence electrons. The van der Waals surface area contributed by atoms with E-state index in [2.05, 4.69) is 27.0 Å². The smallest absolute Gasteiger partial charge is 0.0223 e. The lowest BCUT2D eigenvalue weighted by atomic mass is 9.83. The van der Waals surface area contributed by atoms with Gasteiger partial charge in [-0.15, -0.1) is 0 Å². The Kier molecular flexibility index (Phi) is 4.91. The van der Waals surface area contributed by atoms with E-state index in [4.69, 9.17) is 0 Å². The minimum atomic E-state index is 0.761. The number of nitrogens with zero attached hydrogens (tertiary/aromatic N) is 1. The summed E-state index contributed by atoms with van der Waals surface area (Å²) in [6.45, 7) is 4.93. The highest BCUT2D eigenvalue weighted by Gasteiger charge is 2.27. The molecule has 2 heterocycles. The highest BCUT2D eigenvalue weighted by molar-refractivity contribution is 7.07. The number of hydrogen-bond acceptors (Lipinski definition) is 3. The molecule has 1 saturated heterocycles. The van der Waals surface area contributed by atoms with E-state index in [9.17, 15) is 0 Å². The Morgan fingerprint density at radius 1 is 1.26 bits per heavy atom. The van der Waals surface area contributed by atoms with E-state index in [1.165, 1.54) is 70.3 Å². The standard InChI is InChI=1S/C16H26N2S/c1-2-4-15(5-3-1)16-12-18(10-8-17-16)9-6-14-7-11-19-13-14/h7,11,13,15-17H,1-6,8-10,12H2. The lowest BCUT2D eigenvalue weighted by molar-refractivity contribution is 0.147. The van der Waals surface area contributed by atoms with Gasteiger partial charge < -0.3 is 10.2 Å². The molecule has 3 heteroatoms. The SMILES string of the molecule is c1cc(CCN2CCNC(C3CCCCC3)C2)cs1. The van der Waals surface area contributed by atoms with Gasteiger partial charge in [-0.1, -0.05) is 19.3 Å². The van der Waals surface area contributed by atoms with Gasteiger partial charge in [0, 0.05) is 32.2 Å². The molecule has 2 aliphatic rings. The van der Waals surface area contributed by atoms with E-state index in [1.54, 1.807) is 0 Å². The predicted molar refractivity (Wildman–Crippen MR) is 82.8 cm³/mol. The molecule has 1 aromatic rings. The van der Waals surface area contributed by atoms with Crippen LogP contribution < -0.4 is 5.32 Å². The fourth-order valence-electron chi connectivity index (χ4n) is 3.62. The van der Waals surface area contributed by atoms with Crippen LogP contribution in [0.2, 0.25) is 0 Å². The first kappa shape index (κ1) is 13.6. The van der Waals surface area contributed by atoms with E-state index >= 15 is 0 Å². The molecule has 1 aromatic heterocycles. The lowest BCUT2D eigenvalue weighted by Gasteiger charge is -2.39. The van der Waals surface area contributed by atoms with Crippen LogP contribution in [0.1, 0.15) is 37.7 Å². The molecule has 2 fully saturated rings. The number of piperazine rings is 1. The summed E-state index contributed by atoms with van der Waals surface area (Å²) in [5.74, 6) is 0.942. The largest absolute Gasteiger partial charge is 0.311 e. The number of hydrogen-bond donors (Lipinski definition) is 1. The van der Waals surface area contributed by atoms with Gasteiger partial charge in [-0.3, -0.25) is 0 Å². The maximum absolute atomic E-state index is 3.77. The zero-order valence-electron chi connectivity index (χ0n) is 11.8. The molecule has 2 nitrogen and oxygen atoms in total. The van der Waals surface area contributed by atoms with Crippen LogP contribution in [0.25, 0.3) is 0 Å². The molecule has 19 heavy (non-hydrogen) atoms. The van der Waals surface area contributed by atoms with Crippen LogP contribution in [0.5, 0.6) is 0 Å². The van der Waals surface area contributed by atoms with E-state index in [-0.39, 0.29) is 0 Å². The minimum Gasteiger partial charge on any atom is -0.311 e. The monoisotopic (exact) mass is 278 g/mol. The Labute approximate surface area is 121 Å². The molecule has 1 aliphatic carbocycles. The summed E-state index contributed by atoms with van der Waals surface area (Å²) in [5, 5.41) is 8.26. The summed E-state index contributed by atoms with van der Waals surface area (Å²) in [6.07, 6.45) is 8.51. The van der Waals surface area contributed by atoms with Crippen molar-refractivity contribution >= 4 is 11.3 Å². The third-order valence-corrected chi connectivity index (χ3v) is 5.54. The molecule has 0 aromatic carbocycles. The van der Waals surface area contributed by atoms with E-state index < -0.39 is 0 Å². The zero-order valence-corrected chi connectivity index (χ0v) is 12.6. The molecule has 1 unspecified atom stereocenters. The van der Waals surface area contributed by atoms with Crippen LogP contribution >= 0.6 is 11.3 Å². The molecule has 1 aliphatic heterocycles. The maximum atomic E-state index is 3.77. The fourth-order valence-corrected chi connectivity index (χ4v) is 4.32. The molecule has 1 saturated carbocycles. The Morgan fingerprint density at radius 2 is 2.16 bits per heavy atom. The average Bonchev–Trinajstić information content (AvgIpc) is 3.00. The Bertz CT molecular complexity index is 357. The van der Waals surface area contributed by atoms with Gasteiger partial charge in [-0.25, -0.2) is 0 Å². The van der Waals surface area contributed by atoms with Crippen LogP contribution in [0.3, 0.4) is 0 Å². The highest BCUT2D eigenvalue weighted by Crippen LogP contribution is 2.27. The quantitative estimate of drug-likeness (QED) is 0.910. The van der Waals surface area contributed by atoms with Crippen LogP contribution in [0.15, 0.2) is 16.8 Å².